The predicted molar refractivity (Wildman–Crippen MR) is 73.1 cm³/mol. The van der Waals surface area contributed by atoms with Gasteiger partial charge in [0.25, 0.3) is 11.7 Å². The molecule has 0 saturated carbocycles. The lowest BCUT2D eigenvalue weighted by atomic mass is 10.1. The molecule has 3 nitrogen and oxygen atoms in total. The molecule has 5 heteroatoms. The van der Waals surface area contributed by atoms with Gasteiger partial charge in [0.2, 0.25) is 0 Å². The monoisotopic (exact) mass is 287 g/mol. The summed E-state index contributed by atoms with van der Waals surface area (Å²) in [5, 5.41) is 0. The van der Waals surface area contributed by atoms with E-state index in [1.54, 1.807) is 12.1 Å². The zero-order chi connectivity index (χ0) is 15.1. The molecule has 0 spiro atoms. The van der Waals surface area contributed by atoms with Crippen molar-refractivity contribution in [3.63, 3.8) is 0 Å². The highest BCUT2D eigenvalue weighted by atomic mass is 19.1. The molecule has 0 atom stereocenters. The molecule has 1 aliphatic heterocycles. The van der Waals surface area contributed by atoms with Gasteiger partial charge in [-0.2, -0.15) is 0 Å². The Labute approximate surface area is 119 Å². The van der Waals surface area contributed by atoms with Crippen molar-refractivity contribution < 1.29 is 18.4 Å². The highest BCUT2D eigenvalue weighted by Crippen LogP contribution is 2.34. The minimum Gasteiger partial charge on any atom is -0.297 e. The lowest BCUT2D eigenvalue weighted by Crippen LogP contribution is -2.29. The summed E-state index contributed by atoms with van der Waals surface area (Å²) in [4.78, 5) is 24.8. The normalized spacial score (nSPS) is 13.8. The van der Waals surface area contributed by atoms with Crippen LogP contribution in [0, 0.1) is 18.6 Å². The van der Waals surface area contributed by atoms with Gasteiger partial charge in [0, 0.05) is 0 Å². The molecule has 106 valence electrons. The molecule has 0 N–H and O–H groups in total. The number of rotatable bonds is 2. The summed E-state index contributed by atoms with van der Waals surface area (Å²) in [5.41, 5.74) is 0.970. The maximum Gasteiger partial charge on any atom is 0.299 e. The molecule has 2 aromatic carbocycles. The first kappa shape index (κ1) is 13.4. The van der Waals surface area contributed by atoms with Gasteiger partial charge in [-0.15, -0.1) is 0 Å². The Kier molecular flexibility index (Phi) is 3.05. The van der Waals surface area contributed by atoms with E-state index < -0.39 is 28.9 Å². The van der Waals surface area contributed by atoms with Gasteiger partial charge in [0.05, 0.1) is 17.8 Å². The number of anilines is 1. The third-order valence-electron chi connectivity index (χ3n) is 3.44. The minimum absolute atomic E-state index is 0.0274. The Morgan fingerprint density at radius 2 is 1.76 bits per heavy atom. The lowest BCUT2D eigenvalue weighted by molar-refractivity contribution is -0.114. The van der Waals surface area contributed by atoms with Crippen LogP contribution in [0.1, 0.15) is 21.5 Å². The van der Waals surface area contributed by atoms with Crippen molar-refractivity contribution in [2.24, 2.45) is 0 Å². The van der Waals surface area contributed by atoms with Gasteiger partial charge in [-0.05, 0) is 24.6 Å². The van der Waals surface area contributed by atoms with E-state index in [1.807, 2.05) is 19.1 Å². The molecule has 0 fully saturated rings. The van der Waals surface area contributed by atoms with Gasteiger partial charge in [-0.1, -0.05) is 29.8 Å². The standard InChI is InChI=1S/C16H11F2NO2/c1-9-3-2-4-10(7-9)8-19-14-12(18)6-5-11(17)13(14)15(20)16(19)21/h2-7H,8H2,1H3. The molecule has 1 aliphatic rings. The summed E-state index contributed by atoms with van der Waals surface area (Å²) in [6.45, 7) is 1.91. The first-order valence-electron chi connectivity index (χ1n) is 6.39. The number of carbonyl (C=O) groups is 2. The first-order chi connectivity index (χ1) is 9.99. The molecule has 0 saturated heterocycles. The number of hydrogen-bond acceptors (Lipinski definition) is 2. The van der Waals surface area contributed by atoms with E-state index in [0.717, 1.165) is 28.2 Å². The smallest absolute Gasteiger partial charge is 0.297 e. The molecule has 1 heterocycles. The molecule has 0 unspecified atom stereocenters. The van der Waals surface area contributed by atoms with Crippen molar-refractivity contribution in [2.45, 2.75) is 13.5 Å². The maximum absolute atomic E-state index is 13.9. The van der Waals surface area contributed by atoms with E-state index >= 15 is 0 Å². The van der Waals surface area contributed by atoms with E-state index in [0.29, 0.717) is 0 Å². The van der Waals surface area contributed by atoms with E-state index in [2.05, 4.69) is 0 Å². The lowest BCUT2D eigenvalue weighted by Gasteiger charge is -2.17. The minimum atomic E-state index is -1.00. The highest BCUT2D eigenvalue weighted by molar-refractivity contribution is 6.52. The molecule has 0 bridgehead atoms. The van der Waals surface area contributed by atoms with E-state index in [9.17, 15) is 18.4 Å². The van der Waals surface area contributed by atoms with Crippen molar-refractivity contribution in [1.29, 1.82) is 0 Å². The molecule has 1 amide bonds. The van der Waals surface area contributed by atoms with Gasteiger partial charge < -0.3 is 0 Å². The Morgan fingerprint density at radius 1 is 1.05 bits per heavy atom. The average molecular weight is 287 g/mol. The van der Waals surface area contributed by atoms with Gasteiger partial charge in [-0.25, -0.2) is 8.78 Å². The molecule has 2 aromatic rings. The Hall–Kier alpha value is -2.56. The van der Waals surface area contributed by atoms with Crippen molar-refractivity contribution in [2.75, 3.05) is 4.90 Å². The third kappa shape index (κ3) is 2.11. The van der Waals surface area contributed by atoms with E-state index in [-0.39, 0.29) is 12.2 Å². The second kappa shape index (κ2) is 4.77. The molecule has 21 heavy (non-hydrogen) atoms. The van der Waals surface area contributed by atoms with Crippen LogP contribution >= 0.6 is 0 Å². The number of aryl methyl sites for hydroxylation is 1. The largest absolute Gasteiger partial charge is 0.299 e. The summed E-state index contributed by atoms with van der Waals surface area (Å²) >= 11 is 0. The molecule has 0 radical (unpaired) electrons. The van der Waals surface area contributed by atoms with Crippen LogP contribution in [-0.2, 0) is 11.3 Å². The summed E-state index contributed by atoms with van der Waals surface area (Å²) < 4.78 is 27.6. The van der Waals surface area contributed by atoms with Gasteiger partial charge in [-0.3, -0.25) is 14.5 Å². The summed E-state index contributed by atoms with van der Waals surface area (Å²) in [6, 6.07) is 9.05. The maximum atomic E-state index is 13.9. The number of carbonyl (C=O) groups excluding carboxylic acids is 2. The van der Waals surface area contributed by atoms with Crippen molar-refractivity contribution >= 4 is 17.4 Å². The number of halogens is 2. The summed E-state index contributed by atoms with van der Waals surface area (Å²) in [7, 11) is 0. The van der Waals surface area contributed by atoms with Crippen LogP contribution in [0.2, 0.25) is 0 Å². The predicted octanol–water partition coefficient (Wildman–Crippen LogP) is 3.00. The Morgan fingerprint density at radius 3 is 2.48 bits per heavy atom. The zero-order valence-electron chi connectivity index (χ0n) is 11.2. The van der Waals surface area contributed by atoms with Gasteiger partial charge >= 0.3 is 0 Å². The van der Waals surface area contributed by atoms with Crippen molar-refractivity contribution in [1.82, 2.24) is 0 Å². The topological polar surface area (TPSA) is 37.4 Å². The van der Waals surface area contributed by atoms with Crippen LogP contribution in [0.25, 0.3) is 0 Å². The summed E-state index contributed by atoms with van der Waals surface area (Å²) in [5.74, 6) is -3.57. The van der Waals surface area contributed by atoms with Crippen LogP contribution in [0.5, 0.6) is 0 Å². The van der Waals surface area contributed by atoms with Gasteiger partial charge in [0.15, 0.2) is 0 Å². The number of fused-ring (bicyclic) bond motifs is 1. The molecule has 0 aliphatic carbocycles. The number of ketones is 1. The second-order valence-electron chi connectivity index (χ2n) is 4.96. The van der Waals surface area contributed by atoms with Crippen molar-refractivity contribution in [3.05, 3.63) is 64.7 Å². The van der Waals surface area contributed by atoms with E-state index in [1.165, 1.54) is 0 Å². The first-order valence-corrected chi connectivity index (χ1v) is 6.39. The van der Waals surface area contributed by atoms with Crippen LogP contribution in [0.15, 0.2) is 36.4 Å². The molecule has 3 rings (SSSR count). The SMILES string of the molecule is Cc1cccc(CN2C(=O)C(=O)c3c(F)ccc(F)c32)c1. The highest BCUT2D eigenvalue weighted by Gasteiger charge is 2.40. The van der Waals surface area contributed by atoms with Crippen LogP contribution in [0.3, 0.4) is 0 Å². The van der Waals surface area contributed by atoms with Crippen LogP contribution in [0.4, 0.5) is 14.5 Å². The van der Waals surface area contributed by atoms with Crippen LogP contribution < -0.4 is 4.90 Å². The Bertz CT molecular complexity index is 771. The number of amides is 1. The fourth-order valence-electron chi connectivity index (χ4n) is 2.50. The number of Topliss-reactive ketones (excluding diaryl/α,β-unsaturated/α-hetero) is 1. The Balaban J connectivity index is 2.08. The average Bonchev–Trinajstić information content (AvgIpc) is 2.69. The van der Waals surface area contributed by atoms with Crippen molar-refractivity contribution in [3.8, 4) is 0 Å². The van der Waals surface area contributed by atoms with Crippen LogP contribution in [-0.4, -0.2) is 11.7 Å². The number of nitrogens with zero attached hydrogens (tertiary/aromatic N) is 1. The number of hydrogen-bond donors (Lipinski definition) is 0. The second-order valence-corrected chi connectivity index (χ2v) is 4.96. The number of benzene rings is 2. The summed E-state index contributed by atoms with van der Waals surface area (Å²) in [6.07, 6.45) is 0. The third-order valence-corrected chi connectivity index (χ3v) is 3.44. The van der Waals surface area contributed by atoms with E-state index in [4.69, 9.17) is 0 Å². The molecule has 0 aromatic heterocycles. The fourth-order valence-corrected chi connectivity index (χ4v) is 2.50. The fraction of sp³-hybridized carbons (Fsp3) is 0.125. The quantitative estimate of drug-likeness (QED) is 0.796. The zero-order valence-corrected chi connectivity index (χ0v) is 11.2. The molecular weight excluding hydrogens is 276 g/mol. The van der Waals surface area contributed by atoms with Gasteiger partial charge in [0.1, 0.15) is 11.6 Å². The molecular formula is C16H11F2NO2.